The van der Waals surface area contributed by atoms with Crippen molar-refractivity contribution in [2.75, 3.05) is 11.9 Å². The molecule has 0 atom stereocenters. The van der Waals surface area contributed by atoms with Gasteiger partial charge in [-0.05, 0) is 48.2 Å². The zero-order valence-electron chi connectivity index (χ0n) is 14.1. The van der Waals surface area contributed by atoms with Gasteiger partial charge in [-0.2, -0.15) is 0 Å². The first-order chi connectivity index (χ1) is 11.6. The molecular formula is C20H22N2O2. The summed E-state index contributed by atoms with van der Waals surface area (Å²) in [6.07, 6.45) is 1.39. The Kier molecular flexibility index (Phi) is 4.65. The van der Waals surface area contributed by atoms with Crippen molar-refractivity contribution in [2.45, 2.75) is 33.2 Å². The lowest BCUT2D eigenvalue weighted by atomic mass is 9.98. The summed E-state index contributed by atoms with van der Waals surface area (Å²) in [6, 6.07) is 13.5. The van der Waals surface area contributed by atoms with Gasteiger partial charge in [0.2, 0.25) is 5.91 Å². The van der Waals surface area contributed by atoms with E-state index in [1.54, 1.807) is 0 Å². The van der Waals surface area contributed by atoms with Gasteiger partial charge in [0.25, 0.3) is 5.91 Å². The van der Waals surface area contributed by atoms with Crippen molar-refractivity contribution < 1.29 is 9.59 Å². The normalized spacial score (nSPS) is 13.3. The summed E-state index contributed by atoms with van der Waals surface area (Å²) in [7, 11) is 0. The molecule has 4 nitrogen and oxygen atoms in total. The second kappa shape index (κ2) is 6.87. The van der Waals surface area contributed by atoms with Crippen LogP contribution in [0.1, 0.15) is 40.4 Å². The molecule has 0 unspecified atom stereocenters. The lowest BCUT2D eigenvalue weighted by molar-refractivity contribution is -0.131. The van der Waals surface area contributed by atoms with Crippen LogP contribution in [0.3, 0.4) is 0 Å². The fourth-order valence-corrected chi connectivity index (χ4v) is 3.10. The van der Waals surface area contributed by atoms with E-state index in [0.29, 0.717) is 18.5 Å². The predicted octanol–water partition coefficient (Wildman–Crippen LogP) is 3.54. The molecule has 0 bridgehead atoms. The van der Waals surface area contributed by atoms with Crippen molar-refractivity contribution in [3.05, 3.63) is 64.7 Å². The van der Waals surface area contributed by atoms with Gasteiger partial charge in [-0.15, -0.1) is 0 Å². The van der Waals surface area contributed by atoms with Crippen LogP contribution in [0.15, 0.2) is 42.5 Å². The van der Waals surface area contributed by atoms with Crippen LogP contribution in [0.2, 0.25) is 0 Å². The third-order valence-electron chi connectivity index (χ3n) is 4.52. The molecule has 124 valence electrons. The number of fused-ring (bicyclic) bond motifs is 1. The van der Waals surface area contributed by atoms with Crippen LogP contribution in [0, 0.1) is 6.92 Å². The van der Waals surface area contributed by atoms with E-state index >= 15 is 0 Å². The Bertz CT molecular complexity index is 783. The van der Waals surface area contributed by atoms with Crippen molar-refractivity contribution in [1.29, 1.82) is 0 Å². The molecule has 2 aromatic carbocycles. The monoisotopic (exact) mass is 322 g/mol. The average Bonchev–Trinajstić information content (AvgIpc) is 2.60. The molecule has 4 heteroatoms. The van der Waals surface area contributed by atoms with E-state index < -0.39 is 0 Å². The van der Waals surface area contributed by atoms with E-state index in [2.05, 4.69) is 11.4 Å². The smallest absolute Gasteiger partial charge is 0.255 e. The second-order valence-corrected chi connectivity index (χ2v) is 6.17. The van der Waals surface area contributed by atoms with Gasteiger partial charge in [0.1, 0.15) is 0 Å². The van der Waals surface area contributed by atoms with Crippen LogP contribution in [-0.4, -0.2) is 23.3 Å². The summed E-state index contributed by atoms with van der Waals surface area (Å²) in [5.41, 5.74) is 4.77. The molecule has 0 radical (unpaired) electrons. The minimum absolute atomic E-state index is 0.106. The molecule has 2 amide bonds. The molecule has 1 N–H and O–H groups in total. The summed E-state index contributed by atoms with van der Waals surface area (Å²) >= 11 is 0. The first-order valence-electron chi connectivity index (χ1n) is 8.35. The summed E-state index contributed by atoms with van der Waals surface area (Å²) in [4.78, 5) is 26.2. The van der Waals surface area contributed by atoms with Crippen molar-refractivity contribution >= 4 is 17.5 Å². The molecule has 0 aliphatic carbocycles. The van der Waals surface area contributed by atoms with Crippen LogP contribution in [0.5, 0.6) is 0 Å². The lowest BCUT2D eigenvalue weighted by Gasteiger charge is -2.29. The summed E-state index contributed by atoms with van der Waals surface area (Å²) in [5.74, 6) is 0.0698. The van der Waals surface area contributed by atoms with Gasteiger partial charge in [0, 0.05) is 30.8 Å². The van der Waals surface area contributed by atoms with Gasteiger partial charge < -0.3 is 10.2 Å². The van der Waals surface area contributed by atoms with Crippen LogP contribution in [0.25, 0.3) is 0 Å². The second-order valence-electron chi connectivity index (χ2n) is 6.17. The molecular weight excluding hydrogens is 300 g/mol. The molecule has 1 aliphatic heterocycles. The Morgan fingerprint density at radius 1 is 1.12 bits per heavy atom. The molecule has 1 heterocycles. The van der Waals surface area contributed by atoms with Crippen LogP contribution >= 0.6 is 0 Å². The number of carbonyl (C=O) groups excluding carboxylic acids is 2. The number of nitrogens with zero attached hydrogens (tertiary/aromatic N) is 1. The molecule has 2 aromatic rings. The highest BCUT2D eigenvalue weighted by atomic mass is 16.2. The quantitative estimate of drug-likeness (QED) is 0.939. The number of hydrogen-bond acceptors (Lipinski definition) is 2. The molecule has 0 aromatic heterocycles. The number of hydrogen-bond donors (Lipinski definition) is 1. The fourth-order valence-electron chi connectivity index (χ4n) is 3.10. The predicted molar refractivity (Wildman–Crippen MR) is 95.0 cm³/mol. The minimum atomic E-state index is -0.106. The van der Waals surface area contributed by atoms with Gasteiger partial charge in [-0.3, -0.25) is 9.59 Å². The Labute approximate surface area is 142 Å². The maximum atomic E-state index is 12.4. The van der Waals surface area contributed by atoms with Gasteiger partial charge in [-0.1, -0.05) is 31.2 Å². The largest absolute Gasteiger partial charge is 0.338 e. The van der Waals surface area contributed by atoms with Crippen molar-refractivity contribution in [3.8, 4) is 0 Å². The average molecular weight is 322 g/mol. The lowest BCUT2D eigenvalue weighted by Crippen LogP contribution is -2.35. The number of anilines is 1. The molecule has 0 spiro atoms. The first kappa shape index (κ1) is 16.2. The first-order valence-corrected chi connectivity index (χ1v) is 8.35. The molecule has 24 heavy (non-hydrogen) atoms. The zero-order valence-corrected chi connectivity index (χ0v) is 14.1. The maximum Gasteiger partial charge on any atom is 0.255 e. The van der Waals surface area contributed by atoms with Crippen molar-refractivity contribution in [2.24, 2.45) is 0 Å². The molecule has 0 saturated carbocycles. The molecule has 3 rings (SSSR count). The van der Waals surface area contributed by atoms with E-state index in [9.17, 15) is 9.59 Å². The Hall–Kier alpha value is -2.62. The van der Waals surface area contributed by atoms with Crippen molar-refractivity contribution in [3.63, 3.8) is 0 Å². The molecule has 1 aliphatic rings. The van der Waals surface area contributed by atoms with Gasteiger partial charge in [0.15, 0.2) is 0 Å². The molecule has 0 fully saturated rings. The standard InChI is InChI=1S/C20H22N2O2/c1-3-19(23)22-11-10-15-8-9-17(12-16(15)13-22)21-20(24)18-7-5-4-6-14(18)2/h4-9,12H,3,10-11,13H2,1-2H3,(H,21,24). The van der Waals surface area contributed by atoms with Crippen LogP contribution in [0.4, 0.5) is 5.69 Å². The topological polar surface area (TPSA) is 49.4 Å². The Balaban J connectivity index is 1.78. The number of carbonyl (C=O) groups is 2. The van der Waals surface area contributed by atoms with E-state index in [4.69, 9.17) is 0 Å². The number of nitrogens with one attached hydrogen (secondary N) is 1. The maximum absolute atomic E-state index is 12.4. The highest BCUT2D eigenvalue weighted by Gasteiger charge is 2.20. The van der Waals surface area contributed by atoms with E-state index in [0.717, 1.165) is 29.8 Å². The van der Waals surface area contributed by atoms with E-state index in [1.807, 2.05) is 55.1 Å². The SMILES string of the molecule is CCC(=O)N1CCc2ccc(NC(=O)c3ccccc3C)cc2C1. The number of amides is 2. The third-order valence-corrected chi connectivity index (χ3v) is 4.52. The molecule has 0 saturated heterocycles. The van der Waals surface area contributed by atoms with Crippen LogP contribution in [-0.2, 0) is 17.8 Å². The fraction of sp³-hybridized carbons (Fsp3) is 0.300. The van der Waals surface area contributed by atoms with E-state index in [-0.39, 0.29) is 11.8 Å². The Morgan fingerprint density at radius 3 is 2.67 bits per heavy atom. The highest BCUT2D eigenvalue weighted by Crippen LogP contribution is 2.23. The summed E-state index contributed by atoms with van der Waals surface area (Å²) < 4.78 is 0. The summed E-state index contributed by atoms with van der Waals surface area (Å²) in [6.45, 7) is 5.21. The van der Waals surface area contributed by atoms with Gasteiger partial charge in [-0.25, -0.2) is 0 Å². The highest BCUT2D eigenvalue weighted by molar-refractivity contribution is 6.05. The summed E-state index contributed by atoms with van der Waals surface area (Å²) in [5, 5.41) is 2.96. The number of rotatable bonds is 3. The number of aryl methyl sites for hydroxylation is 1. The van der Waals surface area contributed by atoms with Gasteiger partial charge >= 0.3 is 0 Å². The number of benzene rings is 2. The van der Waals surface area contributed by atoms with Crippen LogP contribution < -0.4 is 5.32 Å². The van der Waals surface area contributed by atoms with Gasteiger partial charge in [0.05, 0.1) is 0 Å². The van der Waals surface area contributed by atoms with E-state index in [1.165, 1.54) is 5.56 Å². The van der Waals surface area contributed by atoms with Crippen molar-refractivity contribution in [1.82, 2.24) is 4.90 Å². The third kappa shape index (κ3) is 3.32. The minimum Gasteiger partial charge on any atom is -0.338 e. The zero-order chi connectivity index (χ0) is 17.1. The Morgan fingerprint density at radius 2 is 1.92 bits per heavy atom.